The van der Waals surface area contributed by atoms with E-state index in [4.69, 9.17) is 5.73 Å². The zero-order valence-corrected chi connectivity index (χ0v) is 7.70. The number of imidazole rings is 1. The van der Waals surface area contributed by atoms with Crippen LogP contribution in [0, 0.1) is 0 Å². The van der Waals surface area contributed by atoms with E-state index in [1.54, 1.807) is 0 Å². The van der Waals surface area contributed by atoms with Gasteiger partial charge in [-0.05, 0) is 18.2 Å². The monoisotopic (exact) mass is 176 g/mol. The Morgan fingerprint density at radius 3 is 2.85 bits per heavy atom. The molecule has 13 heavy (non-hydrogen) atoms. The molecular formula is C9H12N4. The van der Waals surface area contributed by atoms with Crippen LogP contribution in [0.1, 0.15) is 0 Å². The number of H-pyrrole nitrogens is 1. The fraction of sp³-hybridized carbons (Fsp3) is 0.222. The lowest BCUT2D eigenvalue weighted by atomic mass is 10.3. The number of nitrogen functional groups attached to an aromatic ring is 1. The maximum atomic E-state index is 5.64. The highest BCUT2D eigenvalue weighted by molar-refractivity contribution is 5.80. The molecule has 0 aliphatic carbocycles. The molecule has 0 unspecified atom stereocenters. The minimum atomic E-state index is 0.740. The van der Waals surface area contributed by atoms with Gasteiger partial charge >= 0.3 is 0 Å². The Morgan fingerprint density at radius 1 is 1.38 bits per heavy atom. The van der Waals surface area contributed by atoms with Crippen LogP contribution in [0.4, 0.5) is 11.6 Å². The molecule has 0 amide bonds. The number of aromatic amines is 1. The largest absolute Gasteiger partial charge is 0.399 e. The Bertz CT molecular complexity index is 430. The molecule has 1 aromatic carbocycles. The van der Waals surface area contributed by atoms with Crippen molar-refractivity contribution in [3.63, 3.8) is 0 Å². The van der Waals surface area contributed by atoms with Crippen molar-refractivity contribution in [3.8, 4) is 0 Å². The maximum absolute atomic E-state index is 5.64. The molecule has 1 aromatic heterocycles. The van der Waals surface area contributed by atoms with Crippen molar-refractivity contribution in [2.45, 2.75) is 0 Å². The second-order valence-corrected chi connectivity index (χ2v) is 3.23. The molecule has 0 saturated heterocycles. The van der Waals surface area contributed by atoms with Crippen LogP contribution in [0.5, 0.6) is 0 Å². The Kier molecular flexibility index (Phi) is 1.62. The molecule has 68 valence electrons. The molecule has 0 spiro atoms. The van der Waals surface area contributed by atoms with Crippen LogP contribution in [0.15, 0.2) is 18.2 Å². The second-order valence-electron chi connectivity index (χ2n) is 3.23. The molecule has 0 bridgehead atoms. The van der Waals surface area contributed by atoms with Crippen molar-refractivity contribution in [3.05, 3.63) is 18.2 Å². The van der Waals surface area contributed by atoms with E-state index in [9.17, 15) is 0 Å². The minimum absolute atomic E-state index is 0.740. The lowest BCUT2D eigenvalue weighted by molar-refractivity contribution is 1.05. The van der Waals surface area contributed by atoms with Crippen LogP contribution >= 0.6 is 0 Å². The highest BCUT2D eigenvalue weighted by Gasteiger charge is 2.03. The van der Waals surface area contributed by atoms with Gasteiger partial charge < -0.3 is 15.6 Å². The van der Waals surface area contributed by atoms with E-state index in [1.165, 1.54) is 0 Å². The van der Waals surface area contributed by atoms with Crippen LogP contribution in [-0.4, -0.2) is 24.1 Å². The van der Waals surface area contributed by atoms with E-state index in [0.29, 0.717) is 0 Å². The van der Waals surface area contributed by atoms with Gasteiger partial charge in [0.15, 0.2) is 0 Å². The first-order valence-corrected chi connectivity index (χ1v) is 4.09. The maximum Gasteiger partial charge on any atom is 0.203 e. The van der Waals surface area contributed by atoms with Gasteiger partial charge in [-0.3, -0.25) is 0 Å². The summed E-state index contributed by atoms with van der Waals surface area (Å²) in [6, 6.07) is 5.66. The third kappa shape index (κ3) is 1.30. The van der Waals surface area contributed by atoms with Gasteiger partial charge in [0.05, 0.1) is 11.0 Å². The standard InChI is InChI=1S/C9H12N4/c1-13(2)9-11-7-4-3-6(10)5-8(7)12-9/h3-5H,10H2,1-2H3,(H,11,12). The number of rotatable bonds is 1. The number of hydrogen-bond donors (Lipinski definition) is 2. The summed E-state index contributed by atoms with van der Waals surface area (Å²) in [5.74, 6) is 0.848. The Balaban J connectivity index is 2.62. The summed E-state index contributed by atoms with van der Waals surface area (Å²) in [7, 11) is 3.89. The lowest BCUT2D eigenvalue weighted by Gasteiger charge is -2.05. The number of fused-ring (bicyclic) bond motifs is 1. The molecule has 3 N–H and O–H groups in total. The SMILES string of the molecule is CN(C)c1nc2cc(N)ccc2[nH]1. The van der Waals surface area contributed by atoms with E-state index < -0.39 is 0 Å². The average molecular weight is 176 g/mol. The Morgan fingerprint density at radius 2 is 2.15 bits per heavy atom. The summed E-state index contributed by atoms with van der Waals surface area (Å²) in [4.78, 5) is 9.47. The molecule has 0 aliphatic rings. The van der Waals surface area contributed by atoms with Gasteiger partial charge in [-0.25, -0.2) is 4.98 Å². The first-order valence-electron chi connectivity index (χ1n) is 4.09. The molecule has 0 aliphatic heterocycles. The number of benzene rings is 1. The molecule has 0 atom stereocenters. The molecule has 4 nitrogen and oxygen atoms in total. The van der Waals surface area contributed by atoms with Gasteiger partial charge in [-0.15, -0.1) is 0 Å². The van der Waals surface area contributed by atoms with Gasteiger partial charge in [0.2, 0.25) is 5.95 Å². The van der Waals surface area contributed by atoms with E-state index in [0.717, 1.165) is 22.7 Å². The number of hydrogen-bond acceptors (Lipinski definition) is 3. The molecular weight excluding hydrogens is 164 g/mol. The zero-order valence-electron chi connectivity index (χ0n) is 7.70. The Labute approximate surface area is 76.4 Å². The molecule has 2 rings (SSSR count). The summed E-state index contributed by atoms with van der Waals surface area (Å²) < 4.78 is 0. The van der Waals surface area contributed by atoms with E-state index in [2.05, 4.69) is 9.97 Å². The van der Waals surface area contributed by atoms with Gasteiger partial charge in [-0.1, -0.05) is 0 Å². The third-order valence-corrected chi connectivity index (χ3v) is 1.92. The van der Waals surface area contributed by atoms with Gasteiger partial charge in [0.25, 0.3) is 0 Å². The second kappa shape index (κ2) is 2.65. The van der Waals surface area contributed by atoms with E-state index >= 15 is 0 Å². The molecule has 4 heteroatoms. The van der Waals surface area contributed by atoms with Crippen molar-refractivity contribution < 1.29 is 0 Å². The van der Waals surface area contributed by atoms with Gasteiger partial charge in [0.1, 0.15) is 0 Å². The first-order chi connectivity index (χ1) is 6.16. The lowest BCUT2D eigenvalue weighted by Crippen LogP contribution is -2.09. The highest BCUT2D eigenvalue weighted by Crippen LogP contribution is 2.17. The van der Waals surface area contributed by atoms with Crippen LogP contribution in [-0.2, 0) is 0 Å². The minimum Gasteiger partial charge on any atom is -0.399 e. The van der Waals surface area contributed by atoms with E-state index in [1.807, 2.05) is 37.2 Å². The van der Waals surface area contributed by atoms with Gasteiger partial charge in [0, 0.05) is 19.8 Å². The topological polar surface area (TPSA) is 57.9 Å². The summed E-state index contributed by atoms with van der Waals surface area (Å²) in [5.41, 5.74) is 8.30. The van der Waals surface area contributed by atoms with Crippen molar-refractivity contribution in [1.82, 2.24) is 9.97 Å². The number of anilines is 2. The molecule has 1 heterocycles. The normalized spacial score (nSPS) is 10.6. The fourth-order valence-corrected chi connectivity index (χ4v) is 1.22. The van der Waals surface area contributed by atoms with Crippen molar-refractivity contribution in [2.75, 3.05) is 24.7 Å². The van der Waals surface area contributed by atoms with Crippen LogP contribution < -0.4 is 10.6 Å². The predicted molar refractivity (Wildman–Crippen MR) is 54.8 cm³/mol. The van der Waals surface area contributed by atoms with Crippen LogP contribution in [0.3, 0.4) is 0 Å². The molecule has 0 fully saturated rings. The number of nitrogens with one attached hydrogen (secondary N) is 1. The van der Waals surface area contributed by atoms with Crippen LogP contribution in [0.25, 0.3) is 11.0 Å². The van der Waals surface area contributed by atoms with Crippen molar-refractivity contribution in [1.29, 1.82) is 0 Å². The Hall–Kier alpha value is -1.71. The number of nitrogens with zero attached hydrogens (tertiary/aromatic N) is 2. The molecule has 0 radical (unpaired) electrons. The average Bonchev–Trinajstić information content (AvgIpc) is 2.46. The summed E-state index contributed by atoms with van der Waals surface area (Å²) in [5, 5.41) is 0. The summed E-state index contributed by atoms with van der Waals surface area (Å²) in [6.07, 6.45) is 0. The predicted octanol–water partition coefficient (Wildman–Crippen LogP) is 1.21. The van der Waals surface area contributed by atoms with Crippen molar-refractivity contribution in [2.24, 2.45) is 0 Å². The van der Waals surface area contributed by atoms with Gasteiger partial charge in [-0.2, -0.15) is 0 Å². The van der Waals surface area contributed by atoms with Crippen LogP contribution in [0.2, 0.25) is 0 Å². The first kappa shape index (κ1) is 7.91. The quantitative estimate of drug-likeness (QED) is 0.642. The van der Waals surface area contributed by atoms with E-state index in [-0.39, 0.29) is 0 Å². The smallest absolute Gasteiger partial charge is 0.203 e. The number of aromatic nitrogens is 2. The van der Waals surface area contributed by atoms with Crippen molar-refractivity contribution >= 4 is 22.7 Å². The summed E-state index contributed by atoms with van der Waals surface area (Å²) >= 11 is 0. The summed E-state index contributed by atoms with van der Waals surface area (Å²) in [6.45, 7) is 0. The molecule has 2 aromatic rings. The third-order valence-electron chi connectivity index (χ3n) is 1.92. The zero-order chi connectivity index (χ0) is 9.42. The highest BCUT2D eigenvalue weighted by atomic mass is 15.2. The fourth-order valence-electron chi connectivity index (χ4n) is 1.22. The number of nitrogens with two attached hydrogens (primary N) is 1. The molecule has 0 saturated carbocycles.